The average Bonchev–Trinajstić information content (AvgIpc) is 2.67. The van der Waals surface area contributed by atoms with Crippen molar-refractivity contribution in [1.29, 1.82) is 0 Å². The molecule has 0 spiro atoms. The van der Waals surface area contributed by atoms with Crippen molar-refractivity contribution in [3.8, 4) is 0 Å². The summed E-state index contributed by atoms with van der Waals surface area (Å²) in [4.78, 5) is 12.3. The highest BCUT2D eigenvalue weighted by Gasteiger charge is 2.43. The predicted molar refractivity (Wildman–Crippen MR) is 62.6 cm³/mol. The highest BCUT2D eigenvalue weighted by Crippen LogP contribution is 2.37. The molecule has 0 aromatic heterocycles. The van der Waals surface area contributed by atoms with Gasteiger partial charge in [0.1, 0.15) is 0 Å². The van der Waals surface area contributed by atoms with Crippen molar-refractivity contribution in [3.05, 3.63) is 35.9 Å². The lowest BCUT2D eigenvalue weighted by atomic mass is 10.1. The van der Waals surface area contributed by atoms with Gasteiger partial charge in [-0.3, -0.25) is 0 Å². The molecule has 0 saturated heterocycles. The van der Waals surface area contributed by atoms with Crippen LogP contribution in [0.4, 0.5) is 13.6 Å². The molecule has 1 aliphatic carbocycles. The first-order chi connectivity index (χ1) is 8.48. The second-order valence-electron chi connectivity index (χ2n) is 4.65. The number of carbonyl (C=O) groups is 1. The number of hydrogen-bond acceptors (Lipinski definition) is 1. The Bertz CT molecular complexity index is 422. The molecule has 0 radical (unpaired) electrons. The van der Waals surface area contributed by atoms with Gasteiger partial charge in [0, 0.05) is 25.4 Å². The SMILES string of the molecule is O=C(O)N(Cc1ccccc1)[C@@H]1CCC(F)(F)C1. The number of nitrogens with zero attached hydrogens (tertiary/aromatic N) is 1. The van der Waals surface area contributed by atoms with Crippen molar-refractivity contribution >= 4 is 6.09 Å². The minimum absolute atomic E-state index is 0.164. The van der Waals surface area contributed by atoms with E-state index in [0.717, 1.165) is 10.5 Å². The Morgan fingerprint density at radius 3 is 2.56 bits per heavy atom. The Morgan fingerprint density at radius 2 is 2.06 bits per heavy atom. The minimum atomic E-state index is -2.73. The molecule has 0 heterocycles. The molecule has 98 valence electrons. The molecule has 2 rings (SSSR count). The first kappa shape index (κ1) is 12.8. The quantitative estimate of drug-likeness (QED) is 0.899. The molecule has 1 amide bonds. The van der Waals surface area contributed by atoms with E-state index in [0.29, 0.717) is 0 Å². The zero-order valence-electron chi connectivity index (χ0n) is 9.85. The summed E-state index contributed by atoms with van der Waals surface area (Å²) in [6.07, 6.45) is -1.50. The van der Waals surface area contributed by atoms with Gasteiger partial charge in [0.2, 0.25) is 5.92 Å². The lowest BCUT2D eigenvalue weighted by molar-refractivity contribution is 0.00130. The molecular formula is C13H15F2NO2. The van der Waals surface area contributed by atoms with Crippen molar-refractivity contribution in [2.24, 2.45) is 0 Å². The van der Waals surface area contributed by atoms with Crippen LogP contribution in [0.2, 0.25) is 0 Å². The number of halogens is 2. The van der Waals surface area contributed by atoms with Crippen LogP contribution in [0, 0.1) is 0 Å². The maximum absolute atomic E-state index is 13.1. The Labute approximate surface area is 104 Å². The van der Waals surface area contributed by atoms with E-state index >= 15 is 0 Å². The third-order valence-electron chi connectivity index (χ3n) is 3.26. The Hall–Kier alpha value is -1.65. The van der Waals surface area contributed by atoms with Crippen molar-refractivity contribution in [2.45, 2.75) is 37.8 Å². The molecule has 0 aliphatic heterocycles. The molecule has 1 atom stereocenters. The number of benzene rings is 1. The Kier molecular flexibility index (Phi) is 3.50. The fourth-order valence-corrected chi connectivity index (χ4v) is 2.33. The summed E-state index contributed by atoms with van der Waals surface area (Å²) in [5, 5.41) is 9.15. The molecule has 1 aliphatic rings. The van der Waals surface area contributed by atoms with Crippen LogP contribution >= 0.6 is 0 Å². The summed E-state index contributed by atoms with van der Waals surface area (Å²) in [5.74, 6) is -2.73. The summed E-state index contributed by atoms with van der Waals surface area (Å²) in [5.41, 5.74) is 0.815. The van der Waals surface area contributed by atoms with Gasteiger partial charge in [-0.25, -0.2) is 13.6 Å². The Balaban J connectivity index is 2.08. The monoisotopic (exact) mass is 255 g/mol. The van der Waals surface area contributed by atoms with Crippen molar-refractivity contribution in [1.82, 2.24) is 4.90 Å². The summed E-state index contributed by atoms with van der Waals surface area (Å²) in [6.45, 7) is 0.164. The molecule has 1 fully saturated rings. The predicted octanol–water partition coefficient (Wildman–Crippen LogP) is 3.35. The zero-order chi connectivity index (χ0) is 13.2. The van der Waals surface area contributed by atoms with Crippen LogP contribution in [0.1, 0.15) is 24.8 Å². The zero-order valence-corrected chi connectivity index (χ0v) is 9.85. The standard InChI is InChI=1S/C13H15F2NO2/c14-13(15)7-6-11(8-13)16(12(17)18)9-10-4-2-1-3-5-10/h1-5,11H,6-9H2,(H,17,18)/t11-/m1/s1. The van der Waals surface area contributed by atoms with E-state index in [-0.39, 0.29) is 25.8 Å². The largest absolute Gasteiger partial charge is 0.465 e. The Morgan fingerprint density at radius 1 is 1.39 bits per heavy atom. The van der Waals surface area contributed by atoms with E-state index in [1.54, 1.807) is 24.3 Å². The maximum atomic E-state index is 13.1. The van der Waals surface area contributed by atoms with E-state index in [4.69, 9.17) is 5.11 Å². The van der Waals surface area contributed by atoms with Crippen LogP contribution in [-0.2, 0) is 6.54 Å². The molecule has 0 unspecified atom stereocenters. The molecular weight excluding hydrogens is 240 g/mol. The van der Waals surface area contributed by atoms with E-state index in [1.165, 1.54) is 0 Å². The molecule has 3 nitrogen and oxygen atoms in total. The van der Waals surface area contributed by atoms with Gasteiger partial charge in [-0.15, -0.1) is 0 Å². The molecule has 1 aromatic rings. The summed E-state index contributed by atoms with van der Waals surface area (Å²) in [7, 11) is 0. The van der Waals surface area contributed by atoms with Crippen LogP contribution in [-0.4, -0.2) is 28.1 Å². The average molecular weight is 255 g/mol. The molecule has 18 heavy (non-hydrogen) atoms. The summed E-state index contributed by atoms with van der Waals surface area (Å²) < 4.78 is 26.3. The van der Waals surface area contributed by atoms with Gasteiger partial charge >= 0.3 is 6.09 Å². The molecule has 1 aromatic carbocycles. The van der Waals surface area contributed by atoms with Gasteiger partial charge in [-0.05, 0) is 12.0 Å². The summed E-state index contributed by atoms with van der Waals surface area (Å²) >= 11 is 0. The second kappa shape index (κ2) is 4.92. The van der Waals surface area contributed by atoms with E-state index in [2.05, 4.69) is 0 Å². The van der Waals surface area contributed by atoms with Crippen LogP contribution in [0.15, 0.2) is 30.3 Å². The van der Waals surface area contributed by atoms with Crippen molar-refractivity contribution < 1.29 is 18.7 Å². The second-order valence-corrected chi connectivity index (χ2v) is 4.65. The molecule has 1 N–H and O–H groups in total. The number of alkyl halides is 2. The number of rotatable bonds is 3. The van der Waals surface area contributed by atoms with Crippen LogP contribution < -0.4 is 0 Å². The summed E-state index contributed by atoms with van der Waals surface area (Å²) in [6, 6.07) is 8.44. The maximum Gasteiger partial charge on any atom is 0.407 e. The smallest absolute Gasteiger partial charge is 0.407 e. The van der Waals surface area contributed by atoms with Crippen molar-refractivity contribution in [2.75, 3.05) is 0 Å². The lowest BCUT2D eigenvalue weighted by Crippen LogP contribution is -2.38. The third-order valence-corrected chi connectivity index (χ3v) is 3.26. The normalized spacial score (nSPS) is 21.8. The van der Waals surface area contributed by atoms with Crippen LogP contribution in [0.5, 0.6) is 0 Å². The highest BCUT2D eigenvalue weighted by molar-refractivity contribution is 5.65. The van der Waals surface area contributed by atoms with E-state index in [1.807, 2.05) is 6.07 Å². The van der Waals surface area contributed by atoms with E-state index < -0.39 is 18.1 Å². The van der Waals surface area contributed by atoms with Gasteiger partial charge in [0.05, 0.1) is 0 Å². The van der Waals surface area contributed by atoms with E-state index in [9.17, 15) is 13.6 Å². The van der Waals surface area contributed by atoms with Gasteiger partial charge in [-0.2, -0.15) is 0 Å². The molecule has 1 saturated carbocycles. The highest BCUT2D eigenvalue weighted by atomic mass is 19.3. The number of carboxylic acid groups (broad SMARTS) is 1. The first-order valence-electron chi connectivity index (χ1n) is 5.89. The van der Waals surface area contributed by atoms with Crippen molar-refractivity contribution in [3.63, 3.8) is 0 Å². The van der Waals surface area contributed by atoms with Crippen LogP contribution in [0.3, 0.4) is 0 Å². The fourth-order valence-electron chi connectivity index (χ4n) is 2.33. The minimum Gasteiger partial charge on any atom is -0.465 e. The van der Waals surface area contributed by atoms with Gasteiger partial charge in [-0.1, -0.05) is 30.3 Å². The molecule has 0 bridgehead atoms. The van der Waals surface area contributed by atoms with Crippen LogP contribution in [0.25, 0.3) is 0 Å². The third kappa shape index (κ3) is 2.97. The lowest BCUT2D eigenvalue weighted by Gasteiger charge is -2.26. The van der Waals surface area contributed by atoms with Gasteiger partial charge in [0.15, 0.2) is 0 Å². The molecule has 5 heteroatoms. The van der Waals surface area contributed by atoms with Gasteiger partial charge < -0.3 is 10.0 Å². The topological polar surface area (TPSA) is 40.5 Å². The van der Waals surface area contributed by atoms with Gasteiger partial charge in [0.25, 0.3) is 0 Å². The first-order valence-corrected chi connectivity index (χ1v) is 5.89. The number of amides is 1. The number of hydrogen-bond donors (Lipinski definition) is 1. The fraction of sp³-hybridized carbons (Fsp3) is 0.462.